The molecule has 0 aliphatic rings. The summed E-state index contributed by atoms with van der Waals surface area (Å²) in [6, 6.07) is 19.1. The van der Waals surface area contributed by atoms with Crippen molar-refractivity contribution in [1.82, 2.24) is 4.98 Å². The monoisotopic (exact) mass is 453 g/mol. The van der Waals surface area contributed by atoms with Crippen molar-refractivity contribution in [2.75, 3.05) is 17.7 Å². The number of carbonyl (C=O) groups is 1. The molecular formula is C24H18F3N3O3. The molecule has 168 valence electrons. The molecule has 9 heteroatoms. The minimum Gasteiger partial charge on any atom is -0.457 e. The fraction of sp³-hybridized carbons (Fsp3) is 0.0833. The van der Waals surface area contributed by atoms with E-state index < -0.39 is 12.3 Å². The molecule has 4 aromatic rings. The smallest absolute Gasteiger partial charge is 0.457 e. The Labute approximate surface area is 187 Å². The fourth-order valence-corrected chi connectivity index (χ4v) is 3.21. The number of benzene rings is 3. The van der Waals surface area contributed by atoms with Gasteiger partial charge in [-0.1, -0.05) is 12.1 Å². The summed E-state index contributed by atoms with van der Waals surface area (Å²) in [5.74, 6) is 1.11. The molecule has 0 radical (unpaired) electrons. The van der Waals surface area contributed by atoms with Crippen molar-refractivity contribution < 1.29 is 27.4 Å². The topological polar surface area (TPSA) is 72.5 Å². The lowest BCUT2D eigenvalue weighted by Crippen LogP contribution is -2.17. The number of ether oxygens (including phenoxy) is 2. The number of carbonyl (C=O) groups excluding carboxylic acids is 1. The van der Waals surface area contributed by atoms with Gasteiger partial charge in [0.05, 0.1) is 0 Å². The number of aromatic nitrogens is 1. The number of halogens is 3. The lowest BCUT2D eigenvalue weighted by molar-refractivity contribution is -0.274. The molecule has 0 saturated heterocycles. The third kappa shape index (κ3) is 5.51. The van der Waals surface area contributed by atoms with E-state index in [1.54, 1.807) is 49.6 Å². The second-order valence-electron chi connectivity index (χ2n) is 6.94. The van der Waals surface area contributed by atoms with Crippen LogP contribution in [0.3, 0.4) is 0 Å². The highest BCUT2D eigenvalue weighted by atomic mass is 19.4. The molecule has 1 aromatic heterocycles. The van der Waals surface area contributed by atoms with Crippen molar-refractivity contribution in [2.45, 2.75) is 6.36 Å². The summed E-state index contributed by atoms with van der Waals surface area (Å²) in [6.07, 6.45) is -3.14. The summed E-state index contributed by atoms with van der Waals surface area (Å²) < 4.78 is 46.6. The Balaban J connectivity index is 1.52. The molecule has 2 N–H and O–H groups in total. The van der Waals surface area contributed by atoms with Gasteiger partial charge in [-0.05, 0) is 65.4 Å². The quantitative estimate of drug-likeness (QED) is 0.363. The molecule has 0 aliphatic carbocycles. The van der Waals surface area contributed by atoms with Crippen LogP contribution in [0, 0.1) is 0 Å². The van der Waals surface area contributed by atoms with Gasteiger partial charge >= 0.3 is 6.36 Å². The number of fused-ring (bicyclic) bond motifs is 1. The van der Waals surface area contributed by atoms with E-state index in [0.29, 0.717) is 34.0 Å². The van der Waals surface area contributed by atoms with E-state index in [-0.39, 0.29) is 5.75 Å². The van der Waals surface area contributed by atoms with Crippen molar-refractivity contribution in [3.05, 3.63) is 84.6 Å². The van der Waals surface area contributed by atoms with Crippen molar-refractivity contribution in [3.8, 4) is 17.2 Å². The average Bonchev–Trinajstić information content (AvgIpc) is 2.79. The van der Waals surface area contributed by atoms with E-state index in [1.807, 2.05) is 12.1 Å². The first-order valence-corrected chi connectivity index (χ1v) is 9.82. The van der Waals surface area contributed by atoms with Crippen LogP contribution in [0.25, 0.3) is 10.8 Å². The summed E-state index contributed by atoms with van der Waals surface area (Å²) >= 11 is 0. The fourth-order valence-electron chi connectivity index (χ4n) is 3.21. The summed E-state index contributed by atoms with van der Waals surface area (Å²) in [5.41, 5.74) is 0.751. The van der Waals surface area contributed by atoms with Crippen LogP contribution in [-0.2, 0) is 0 Å². The Hall–Kier alpha value is -4.27. The summed E-state index contributed by atoms with van der Waals surface area (Å²) in [7, 11) is 1.76. The van der Waals surface area contributed by atoms with E-state index >= 15 is 0 Å². The van der Waals surface area contributed by atoms with Crippen LogP contribution in [0.15, 0.2) is 79.0 Å². The third-order valence-electron chi connectivity index (χ3n) is 4.67. The second kappa shape index (κ2) is 9.07. The van der Waals surface area contributed by atoms with E-state index in [4.69, 9.17) is 4.74 Å². The van der Waals surface area contributed by atoms with Gasteiger partial charge < -0.3 is 20.1 Å². The SMILES string of the molecule is CNc1cc(Oc2ccc3c(C(=O)Nc4ccc(OC(F)(F)F)cc4)cccc3c2)ccn1. The lowest BCUT2D eigenvalue weighted by Gasteiger charge is -2.12. The highest BCUT2D eigenvalue weighted by Gasteiger charge is 2.31. The van der Waals surface area contributed by atoms with Gasteiger partial charge in [0.1, 0.15) is 23.1 Å². The largest absolute Gasteiger partial charge is 0.573 e. The van der Waals surface area contributed by atoms with Crippen LogP contribution in [0.5, 0.6) is 17.2 Å². The molecule has 0 bridgehead atoms. The molecular weight excluding hydrogens is 435 g/mol. The Morgan fingerprint density at radius 3 is 2.36 bits per heavy atom. The maximum absolute atomic E-state index is 12.8. The number of nitrogens with one attached hydrogen (secondary N) is 2. The number of amides is 1. The highest BCUT2D eigenvalue weighted by molar-refractivity contribution is 6.13. The van der Waals surface area contributed by atoms with Gasteiger partial charge in [0.15, 0.2) is 0 Å². The summed E-state index contributed by atoms with van der Waals surface area (Å²) in [6.45, 7) is 0. The van der Waals surface area contributed by atoms with Gasteiger partial charge in [0, 0.05) is 30.6 Å². The number of hydrogen-bond donors (Lipinski definition) is 2. The number of anilines is 2. The number of nitrogens with zero attached hydrogens (tertiary/aromatic N) is 1. The Morgan fingerprint density at radius 2 is 1.64 bits per heavy atom. The van der Waals surface area contributed by atoms with Crippen LogP contribution in [0.1, 0.15) is 10.4 Å². The summed E-state index contributed by atoms with van der Waals surface area (Å²) in [4.78, 5) is 17.0. The normalized spacial score (nSPS) is 11.2. The van der Waals surface area contributed by atoms with Crippen LogP contribution in [-0.4, -0.2) is 24.3 Å². The number of alkyl halides is 3. The van der Waals surface area contributed by atoms with Gasteiger partial charge in [-0.15, -0.1) is 13.2 Å². The first-order chi connectivity index (χ1) is 15.8. The Morgan fingerprint density at radius 1 is 0.909 bits per heavy atom. The zero-order valence-electron chi connectivity index (χ0n) is 17.3. The third-order valence-corrected chi connectivity index (χ3v) is 4.67. The van der Waals surface area contributed by atoms with Gasteiger partial charge in [-0.3, -0.25) is 4.79 Å². The van der Waals surface area contributed by atoms with E-state index in [9.17, 15) is 18.0 Å². The molecule has 4 rings (SSSR count). The van der Waals surface area contributed by atoms with E-state index in [0.717, 1.165) is 17.5 Å². The molecule has 1 amide bonds. The van der Waals surface area contributed by atoms with Gasteiger partial charge in [0.25, 0.3) is 5.91 Å². The molecule has 0 spiro atoms. The van der Waals surface area contributed by atoms with Gasteiger partial charge in [-0.2, -0.15) is 0 Å². The molecule has 1 heterocycles. The Kier molecular flexibility index (Phi) is 6.03. The molecule has 0 atom stereocenters. The Bertz CT molecular complexity index is 1290. The number of rotatable bonds is 6. The lowest BCUT2D eigenvalue weighted by atomic mass is 10.0. The standard InChI is InChI=1S/C24H18F3N3O3/c1-28-22-14-19(11-12-29-22)32-18-9-10-20-15(13-18)3-2-4-21(20)23(31)30-16-5-7-17(8-6-16)33-24(25,26)27/h2-14H,1H3,(H,28,29)(H,30,31). The van der Waals surface area contributed by atoms with Crippen LogP contribution in [0.2, 0.25) is 0 Å². The predicted molar refractivity (Wildman–Crippen MR) is 119 cm³/mol. The first-order valence-electron chi connectivity index (χ1n) is 9.82. The van der Waals surface area contributed by atoms with Crippen LogP contribution < -0.4 is 20.1 Å². The maximum Gasteiger partial charge on any atom is 0.573 e. The van der Waals surface area contributed by atoms with Crippen LogP contribution in [0.4, 0.5) is 24.7 Å². The number of hydrogen-bond acceptors (Lipinski definition) is 5. The van der Waals surface area contributed by atoms with Crippen molar-refractivity contribution in [2.24, 2.45) is 0 Å². The molecule has 0 fully saturated rings. The van der Waals surface area contributed by atoms with Crippen molar-refractivity contribution in [3.63, 3.8) is 0 Å². The maximum atomic E-state index is 12.8. The van der Waals surface area contributed by atoms with Gasteiger partial charge in [-0.25, -0.2) is 4.98 Å². The minimum absolute atomic E-state index is 0.338. The zero-order chi connectivity index (χ0) is 23.4. The zero-order valence-corrected chi connectivity index (χ0v) is 17.3. The van der Waals surface area contributed by atoms with Crippen LogP contribution >= 0.6 is 0 Å². The first kappa shape index (κ1) is 21.9. The molecule has 0 aliphatic heterocycles. The molecule has 33 heavy (non-hydrogen) atoms. The van der Waals surface area contributed by atoms with E-state index in [1.165, 1.54) is 12.1 Å². The average molecular weight is 453 g/mol. The van der Waals surface area contributed by atoms with Gasteiger partial charge in [0.2, 0.25) is 0 Å². The highest BCUT2D eigenvalue weighted by Crippen LogP contribution is 2.29. The van der Waals surface area contributed by atoms with Crippen molar-refractivity contribution >= 4 is 28.2 Å². The molecule has 6 nitrogen and oxygen atoms in total. The predicted octanol–water partition coefficient (Wildman–Crippen LogP) is 6.22. The van der Waals surface area contributed by atoms with Crippen molar-refractivity contribution in [1.29, 1.82) is 0 Å². The number of pyridine rings is 1. The molecule has 0 saturated carbocycles. The molecule has 0 unspecified atom stereocenters. The summed E-state index contributed by atoms with van der Waals surface area (Å²) in [5, 5.41) is 7.12. The van der Waals surface area contributed by atoms with E-state index in [2.05, 4.69) is 20.4 Å². The minimum atomic E-state index is -4.77. The molecule has 3 aromatic carbocycles. The second-order valence-corrected chi connectivity index (χ2v) is 6.94.